The zero-order chi connectivity index (χ0) is 23.6. The zero-order valence-corrected chi connectivity index (χ0v) is 20.6. The van der Waals surface area contributed by atoms with Gasteiger partial charge >= 0.3 is 5.97 Å². The fourth-order valence-corrected chi connectivity index (χ4v) is 4.71. The van der Waals surface area contributed by atoms with E-state index in [2.05, 4.69) is 36.5 Å². The highest BCUT2D eigenvalue weighted by atomic mass is 16.4. The molecule has 0 aliphatic carbocycles. The molecular weight excluding hydrogens is 398 g/mol. The number of allylic oxidation sites excluding steroid dienone is 2. The van der Waals surface area contributed by atoms with Crippen molar-refractivity contribution in [2.75, 3.05) is 13.6 Å². The molecule has 0 aromatic heterocycles. The van der Waals surface area contributed by atoms with Gasteiger partial charge in [0, 0.05) is 0 Å². The second-order valence-electron chi connectivity index (χ2n) is 9.30. The number of carboxylic acid groups (broad SMARTS) is 1. The number of benzene rings is 1. The fourth-order valence-electron chi connectivity index (χ4n) is 4.71. The Labute approximate surface area is 196 Å². The maximum Gasteiger partial charge on any atom is 0.309 e. The lowest BCUT2D eigenvalue weighted by molar-refractivity contribution is -0.148. The lowest BCUT2D eigenvalue weighted by Crippen LogP contribution is -2.35. The SMILES string of the molecule is CCCCCCC=CCCC[C@H](CNC)C[C@H](CCc1ccccc1)[C@H](C(=O)O)[C@H](C)O. The van der Waals surface area contributed by atoms with Crippen LogP contribution in [0, 0.1) is 17.8 Å². The molecular formula is C28H47NO3. The molecule has 4 atom stereocenters. The van der Waals surface area contributed by atoms with Gasteiger partial charge in [-0.1, -0.05) is 68.7 Å². The standard InChI is InChI=1S/C28H47NO3/c1-4-5-6-7-8-9-10-11-13-18-25(22-29-3)21-26(27(23(2)30)28(31)32)20-19-24-16-14-12-15-17-24/h9-10,12,14-17,23,25-27,29-30H,4-8,11,13,18-22H2,1-3H3,(H,31,32)/t23-,25-,26-,27+/m0/s1. The van der Waals surface area contributed by atoms with Crippen LogP contribution in [-0.2, 0) is 11.2 Å². The van der Waals surface area contributed by atoms with E-state index in [1.165, 1.54) is 37.7 Å². The molecule has 0 heterocycles. The second kappa shape index (κ2) is 17.9. The van der Waals surface area contributed by atoms with Crippen molar-refractivity contribution in [2.24, 2.45) is 17.8 Å². The van der Waals surface area contributed by atoms with Gasteiger partial charge in [0.2, 0.25) is 0 Å². The summed E-state index contributed by atoms with van der Waals surface area (Å²) in [6.45, 7) is 4.74. The third kappa shape index (κ3) is 12.4. The summed E-state index contributed by atoms with van der Waals surface area (Å²) in [5.74, 6) is -1.23. The minimum Gasteiger partial charge on any atom is -0.481 e. The number of nitrogens with one attached hydrogen (secondary N) is 1. The van der Waals surface area contributed by atoms with Gasteiger partial charge < -0.3 is 15.5 Å². The normalized spacial score (nSPS) is 15.5. The van der Waals surface area contributed by atoms with Crippen molar-refractivity contribution < 1.29 is 15.0 Å². The Kier molecular flexibility index (Phi) is 15.8. The lowest BCUT2D eigenvalue weighted by atomic mass is 9.77. The number of hydrogen-bond acceptors (Lipinski definition) is 3. The molecule has 4 nitrogen and oxygen atoms in total. The first-order valence-electron chi connectivity index (χ1n) is 12.7. The summed E-state index contributed by atoms with van der Waals surface area (Å²) < 4.78 is 0. The van der Waals surface area contributed by atoms with Crippen LogP contribution in [0.3, 0.4) is 0 Å². The van der Waals surface area contributed by atoms with E-state index in [1.54, 1.807) is 6.92 Å². The van der Waals surface area contributed by atoms with Gasteiger partial charge in [0.05, 0.1) is 12.0 Å². The highest BCUT2D eigenvalue weighted by molar-refractivity contribution is 5.71. The molecule has 0 radical (unpaired) electrons. The number of hydrogen-bond donors (Lipinski definition) is 3. The number of carbonyl (C=O) groups is 1. The molecule has 0 spiro atoms. The molecule has 0 aliphatic heterocycles. The zero-order valence-electron chi connectivity index (χ0n) is 20.6. The largest absolute Gasteiger partial charge is 0.481 e. The maximum absolute atomic E-state index is 12.0. The van der Waals surface area contributed by atoms with E-state index < -0.39 is 18.0 Å². The third-order valence-electron chi connectivity index (χ3n) is 6.46. The van der Waals surface area contributed by atoms with Crippen molar-refractivity contribution in [3.8, 4) is 0 Å². The summed E-state index contributed by atoms with van der Waals surface area (Å²) in [7, 11) is 1.96. The monoisotopic (exact) mass is 445 g/mol. The minimum atomic E-state index is -0.882. The molecule has 0 amide bonds. The summed E-state index contributed by atoms with van der Waals surface area (Å²) in [6.07, 6.45) is 15.9. The van der Waals surface area contributed by atoms with Crippen LogP contribution >= 0.6 is 0 Å². The fraction of sp³-hybridized carbons (Fsp3) is 0.679. The van der Waals surface area contributed by atoms with Crippen LogP contribution in [0.25, 0.3) is 0 Å². The minimum absolute atomic E-state index is 0.0415. The van der Waals surface area contributed by atoms with E-state index in [9.17, 15) is 15.0 Å². The van der Waals surface area contributed by atoms with Crippen LogP contribution in [0.5, 0.6) is 0 Å². The third-order valence-corrected chi connectivity index (χ3v) is 6.46. The van der Waals surface area contributed by atoms with Crippen molar-refractivity contribution in [3.05, 3.63) is 48.0 Å². The van der Waals surface area contributed by atoms with Crippen LogP contribution in [0.1, 0.15) is 83.6 Å². The van der Waals surface area contributed by atoms with E-state index >= 15 is 0 Å². The average molecular weight is 446 g/mol. The molecule has 1 aromatic carbocycles. The highest BCUT2D eigenvalue weighted by Gasteiger charge is 2.33. The van der Waals surface area contributed by atoms with Crippen molar-refractivity contribution in [1.82, 2.24) is 5.32 Å². The topological polar surface area (TPSA) is 69.6 Å². The van der Waals surface area contributed by atoms with E-state index in [4.69, 9.17) is 0 Å². The quantitative estimate of drug-likeness (QED) is 0.174. The highest BCUT2D eigenvalue weighted by Crippen LogP contribution is 2.30. The van der Waals surface area contributed by atoms with Crippen LogP contribution in [-0.4, -0.2) is 35.9 Å². The lowest BCUT2D eigenvalue weighted by Gasteiger charge is -2.30. The number of rotatable bonds is 19. The first-order valence-corrected chi connectivity index (χ1v) is 12.7. The Morgan fingerprint density at radius 2 is 1.72 bits per heavy atom. The number of carboxylic acids is 1. The van der Waals surface area contributed by atoms with Gasteiger partial charge in [-0.05, 0) is 89.3 Å². The maximum atomic E-state index is 12.0. The Morgan fingerprint density at radius 3 is 2.31 bits per heavy atom. The van der Waals surface area contributed by atoms with E-state index in [0.717, 1.165) is 45.1 Å². The Balaban J connectivity index is 2.64. The van der Waals surface area contributed by atoms with Crippen molar-refractivity contribution >= 4 is 5.97 Å². The number of aliphatic carboxylic acids is 1. The Hall–Kier alpha value is -1.65. The van der Waals surface area contributed by atoms with Crippen molar-refractivity contribution in [2.45, 2.75) is 90.6 Å². The van der Waals surface area contributed by atoms with E-state index in [0.29, 0.717) is 5.92 Å². The molecule has 1 aromatic rings. The van der Waals surface area contributed by atoms with Gasteiger partial charge in [-0.15, -0.1) is 0 Å². The van der Waals surface area contributed by atoms with Gasteiger partial charge in [0.25, 0.3) is 0 Å². The smallest absolute Gasteiger partial charge is 0.309 e. The van der Waals surface area contributed by atoms with Crippen LogP contribution < -0.4 is 5.32 Å². The van der Waals surface area contributed by atoms with Gasteiger partial charge in [-0.3, -0.25) is 4.79 Å². The van der Waals surface area contributed by atoms with Crippen molar-refractivity contribution in [3.63, 3.8) is 0 Å². The Morgan fingerprint density at radius 1 is 1.03 bits per heavy atom. The molecule has 1 rings (SSSR count). The van der Waals surface area contributed by atoms with Gasteiger partial charge in [0.15, 0.2) is 0 Å². The van der Waals surface area contributed by atoms with E-state index in [-0.39, 0.29) is 5.92 Å². The summed E-state index contributed by atoms with van der Waals surface area (Å²) in [4.78, 5) is 12.0. The molecule has 0 fully saturated rings. The predicted octanol–water partition coefficient (Wildman–Crippen LogP) is 6.24. The predicted molar refractivity (Wildman–Crippen MR) is 135 cm³/mol. The summed E-state index contributed by atoms with van der Waals surface area (Å²) >= 11 is 0. The average Bonchev–Trinajstić information content (AvgIpc) is 2.76. The van der Waals surface area contributed by atoms with Gasteiger partial charge in [-0.25, -0.2) is 0 Å². The van der Waals surface area contributed by atoms with Crippen LogP contribution in [0.2, 0.25) is 0 Å². The van der Waals surface area contributed by atoms with Crippen molar-refractivity contribution in [1.29, 1.82) is 0 Å². The number of aliphatic hydroxyl groups excluding tert-OH is 1. The molecule has 0 unspecified atom stereocenters. The molecule has 182 valence electrons. The Bertz CT molecular complexity index is 614. The summed E-state index contributed by atoms with van der Waals surface area (Å²) in [5, 5.41) is 23.4. The molecule has 0 saturated heterocycles. The summed E-state index contributed by atoms with van der Waals surface area (Å²) in [5.41, 5.74) is 1.22. The van der Waals surface area contributed by atoms with Gasteiger partial charge in [0.1, 0.15) is 0 Å². The molecule has 3 N–H and O–H groups in total. The number of aryl methyl sites for hydroxylation is 1. The molecule has 0 bridgehead atoms. The number of unbranched alkanes of at least 4 members (excludes halogenated alkanes) is 5. The number of aliphatic hydroxyl groups is 1. The van der Waals surface area contributed by atoms with Gasteiger partial charge in [-0.2, -0.15) is 0 Å². The molecule has 4 heteroatoms. The summed E-state index contributed by atoms with van der Waals surface area (Å²) in [6, 6.07) is 10.2. The first-order chi connectivity index (χ1) is 15.5. The van der Waals surface area contributed by atoms with Crippen LogP contribution in [0.15, 0.2) is 42.5 Å². The molecule has 0 aliphatic rings. The second-order valence-corrected chi connectivity index (χ2v) is 9.30. The molecule has 32 heavy (non-hydrogen) atoms. The van der Waals surface area contributed by atoms with Crippen LogP contribution in [0.4, 0.5) is 0 Å². The molecule has 0 saturated carbocycles. The first kappa shape index (κ1) is 28.4. The van der Waals surface area contributed by atoms with E-state index in [1.807, 2.05) is 25.2 Å².